The Morgan fingerprint density at radius 2 is 1.74 bits per heavy atom. The summed E-state index contributed by atoms with van der Waals surface area (Å²) in [5.41, 5.74) is 6.01. The number of carbonyl (C=O) groups is 1. The Morgan fingerprint density at radius 3 is 2.21 bits per heavy atom. The molecule has 1 rings (SSSR count). The first kappa shape index (κ1) is 15.2. The van der Waals surface area contributed by atoms with Crippen LogP contribution >= 0.6 is 0 Å². The number of para-hydroxylation sites is 1. The van der Waals surface area contributed by atoms with E-state index in [9.17, 15) is 26.7 Å². The summed E-state index contributed by atoms with van der Waals surface area (Å²) >= 11 is 0. The van der Waals surface area contributed by atoms with E-state index in [1.54, 1.807) is 6.07 Å². The van der Waals surface area contributed by atoms with E-state index in [0.717, 1.165) is 7.05 Å². The third-order valence-corrected chi connectivity index (χ3v) is 2.43. The van der Waals surface area contributed by atoms with Gasteiger partial charge in [0.05, 0.1) is 0 Å². The Morgan fingerprint density at radius 1 is 1.21 bits per heavy atom. The summed E-state index contributed by atoms with van der Waals surface area (Å²) in [6.07, 6.45) is -5.92. The maximum atomic E-state index is 12.8. The van der Waals surface area contributed by atoms with Gasteiger partial charge in [0.1, 0.15) is 0 Å². The lowest BCUT2D eigenvalue weighted by Crippen LogP contribution is -2.50. The monoisotopic (exact) mass is 282 g/mol. The summed E-state index contributed by atoms with van der Waals surface area (Å²) < 4.78 is 61.8. The molecule has 0 saturated heterocycles. The topological polar surface area (TPSA) is 46.3 Å². The molecule has 0 fully saturated rings. The number of halogens is 5. The Hall–Kier alpha value is -1.86. The van der Waals surface area contributed by atoms with E-state index >= 15 is 0 Å². The fourth-order valence-corrected chi connectivity index (χ4v) is 1.37. The zero-order valence-corrected chi connectivity index (χ0v) is 9.84. The molecule has 0 saturated carbocycles. The van der Waals surface area contributed by atoms with E-state index in [4.69, 9.17) is 5.73 Å². The van der Waals surface area contributed by atoms with Gasteiger partial charge < -0.3 is 10.6 Å². The van der Waals surface area contributed by atoms with Gasteiger partial charge in [-0.1, -0.05) is 18.2 Å². The van der Waals surface area contributed by atoms with Crippen LogP contribution in [-0.4, -0.2) is 30.0 Å². The van der Waals surface area contributed by atoms with Crippen LogP contribution in [0.15, 0.2) is 24.3 Å². The average molecular weight is 282 g/mol. The third kappa shape index (κ3) is 3.12. The predicted octanol–water partition coefficient (Wildman–Crippen LogP) is 2.42. The maximum absolute atomic E-state index is 12.8. The standard InChI is InChI=1S/C11H11F5N2O/c1-18(6-7-4-2-3-5-8(7)17)9(19)10(12,13)11(14,15)16/h2-5H,6,17H2,1H3. The number of anilines is 1. The normalized spacial score (nSPS) is 12.3. The molecule has 0 atom stereocenters. The van der Waals surface area contributed by atoms with Crippen LogP contribution in [0, 0.1) is 0 Å². The lowest BCUT2D eigenvalue weighted by atomic mass is 10.1. The van der Waals surface area contributed by atoms with Crippen LogP contribution < -0.4 is 5.73 Å². The molecule has 0 spiro atoms. The molecule has 3 nitrogen and oxygen atoms in total. The SMILES string of the molecule is CN(Cc1ccccc1N)C(=O)C(F)(F)C(F)(F)F. The van der Waals surface area contributed by atoms with Gasteiger partial charge in [-0.25, -0.2) is 0 Å². The van der Waals surface area contributed by atoms with Crippen LogP contribution in [0.4, 0.5) is 27.6 Å². The van der Waals surface area contributed by atoms with E-state index < -0.39 is 24.6 Å². The first-order valence-electron chi connectivity index (χ1n) is 5.11. The van der Waals surface area contributed by atoms with Crippen molar-refractivity contribution in [2.75, 3.05) is 12.8 Å². The highest BCUT2D eigenvalue weighted by Gasteiger charge is 2.64. The molecule has 8 heteroatoms. The number of hydrogen-bond donors (Lipinski definition) is 1. The fraction of sp³-hybridized carbons (Fsp3) is 0.364. The molecular weight excluding hydrogens is 271 g/mol. The van der Waals surface area contributed by atoms with Crippen LogP contribution in [0.1, 0.15) is 5.56 Å². The molecule has 2 N–H and O–H groups in total. The molecule has 0 radical (unpaired) electrons. The molecule has 0 heterocycles. The zero-order chi connectivity index (χ0) is 14.8. The minimum atomic E-state index is -5.92. The molecule has 1 aromatic carbocycles. The fourth-order valence-electron chi connectivity index (χ4n) is 1.37. The number of rotatable bonds is 3. The molecule has 0 unspecified atom stereocenters. The smallest absolute Gasteiger partial charge is 0.398 e. The Kier molecular flexibility index (Phi) is 4.02. The van der Waals surface area contributed by atoms with Gasteiger partial charge in [-0.05, 0) is 11.6 Å². The lowest BCUT2D eigenvalue weighted by molar-refractivity contribution is -0.274. The molecule has 1 amide bonds. The highest BCUT2D eigenvalue weighted by molar-refractivity contribution is 5.84. The minimum absolute atomic E-state index is 0.206. The van der Waals surface area contributed by atoms with Crippen LogP contribution in [0.3, 0.4) is 0 Å². The third-order valence-electron chi connectivity index (χ3n) is 2.43. The van der Waals surface area contributed by atoms with Gasteiger partial charge in [0.15, 0.2) is 0 Å². The summed E-state index contributed by atoms with van der Waals surface area (Å²) in [6, 6.07) is 6.00. The van der Waals surface area contributed by atoms with Crippen LogP contribution in [0.5, 0.6) is 0 Å². The van der Waals surface area contributed by atoms with E-state index in [-0.39, 0.29) is 11.3 Å². The Labute approximate surface area is 105 Å². The van der Waals surface area contributed by atoms with Gasteiger partial charge in [0.2, 0.25) is 0 Å². The second-order valence-electron chi connectivity index (χ2n) is 3.93. The summed E-state index contributed by atoms with van der Waals surface area (Å²) in [5, 5.41) is 0. The van der Waals surface area contributed by atoms with E-state index in [2.05, 4.69) is 0 Å². The molecule has 1 aromatic rings. The van der Waals surface area contributed by atoms with E-state index in [1.165, 1.54) is 18.2 Å². The van der Waals surface area contributed by atoms with Crippen molar-refractivity contribution >= 4 is 11.6 Å². The molecule has 0 aliphatic heterocycles. The number of nitrogens with two attached hydrogens (primary N) is 1. The minimum Gasteiger partial charge on any atom is -0.398 e. The van der Waals surface area contributed by atoms with Gasteiger partial charge in [-0.2, -0.15) is 22.0 Å². The second kappa shape index (κ2) is 5.02. The van der Waals surface area contributed by atoms with Crippen molar-refractivity contribution in [1.29, 1.82) is 0 Å². The molecule has 0 aliphatic carbocycles. The number of carbonyl (C=O) groups excluding carboxylic acids is 1. The van der Waals surface area contributed by atoms with Crippen molar-refractivity contribution in [2.45, 2.75) is 18.6 Å². The molecular formula is C11H11F5N2O. The first-order chi connectivity index (χ1) is 8.57. The molecule has 0 bridgehead atoms. The van der Waals surface area contributed by atoms with E-state index in [1.807, 2.05) is 0 Å². The number of amides is 1. The molecule has 0 aliphatic rings. The first-order valence-corrected chi connectivity index (χ1v) is 5.11. The van der Waals surface area contributed by atoms with Crippen molar-refractivity contribution in [2.24, 2.45) is 0 Å². The summed E-state index contributed by atoms with van der Waals surface area (Å²) in [5.74, 6) is -7.73. The van der Waals surface area contributed by atoms with Gasteiger partial charge in [-0.15, -0.1) is 0 Å². The summed E-state index contributed by atoms with van der Waals surface area (Å²) in [6.45, 7) is -0.433. The van der Waals surface area contributed by atoms with Crippen LogP contribution in [-0.2, 0) is 11.3 Å². The predicted molar refractivity (Wildman–Crippen MR) is 58.3 cm³/mol. The van der Waals surface area contributed by atoms with Crippen molar-refractivity contribution in [1.82, 2.24) is 4.90 Å². The van der Waals surface area contributed by atoms with E-state index in [0.29, 0.717) is 4.90 Å². The Balaban J connectivity index is 2.88. The van der Waals surface area contributed by atoms with Gasteiger partial charge in [-0.3, -0.25) is 4.79 Å². The zero-order valence-electron chi connectivity index (χ0n) is 9.84. The van der Waals surface area contributed by atoms with Crippen molar-refractivity contribution in [3.05, 3.63) is 29.8 Å². The van der Waals surface area contributed by atoms with Crippen molar-refractivity contribution in [3.8, 4) is 0 Å². The second-order valence-corrected chi connectivity index (χ2v) is 3.93. The van der Waals surface area contributed by atoms with Crippen LogP contribution in [0.25, 0.3) is 0 Å². The highest BCUT2D eigenvalue weighted by Crippen LogP contribution is 2.36. The number of benzene rings is 1. The molecule has 106 valence electrons. The maximum Gasteiger partial charge on any atom is 0.463 e. The quantitative estimate of drug-likeness (QED) is 0.683. The van der Waals surface area contributed by atoms with Crippen molar-refractivity contribution in [3.63, 3.8) is 0 Å². The number of hydrogen-bond acceptors (Lipinski definition) is 2. The summed E-state index contributed by atoms with van der Waals surface area (Å²) in [7, 11) is 0.856. The summed E-state index contributed by atoms with van der Waals surface area (Å²) in [4.78, 5) is 11.4. The number of nitrogen functional groups attached to an aromatic ring is 1. The largest absolute Gasteiger partial charge is 0.463 e. The van der Waals surface area contributed by atoms with Crippen molar-refractivity contribution < 1.29 is 26.7 Å². The molecule has 19 heavy (non-hydrogen) atoms. The van der Waals surface area contributed by atoms with Crippen LogP contribution in [0.2, 0.25) is 0 Å². The number of alkyl halides is 5. The average Bonchev–Trinajstić information content (AvgIpc) is 2.29. The van der Waals surface area contributed by atoms with Gasteiger partial charge in [0, 0.05) is 19.3 Å². The Bertz CT molecular complexity index is 472. The van der Waals surface area contributed by atoms with Gasteiger partial charge >= 0.3 is 18.0 Å². The number of nitrogens with zero attached hydrogens (tertiary/aromatic N) is 1. The lowest BCUT2D eigenvalue weighted by Gasteiger charge is -2.25. The van der Waals surface area contributed by atoms with Gasteiger partial charge in [0.25, 0.3) is 0 Å². The highest BCUT2D eigenvalue weighted by atomic mass is 19.4. The molecule has 0 aromatic heterocycles.